The van der Waals surface area contributed by atoms with Crippen molar-refractivity contribution in [3.05, 3.63) is 61.9 Å². The van der Waals surface area contributed by atoms with Crippen LogP contribution in [0.2, 0.25) is 10.2 Å². The second-order valence-electron chi connectivity index (χ2n) is 5.68. The minimum absolute atomic E-state index is 0.0112. The number of hydrogen-bond donors (Lipinski definition) is 3. The monoisotopic (exact) mass is 487 g/mol. The summed E-state index contributed by atoms with van der Waals surface area (Å²) in [4.78, 5) is 23.1. The Balaban J connectivity index is 1.80. The number of carbonyl (C=O) groups is 1. The van der Waals surface area contributed by atoms with Gasteiger partial charge in [0.1, 0.15) is 15.6 Å². The number of benzene rings is 1. The molecule has 0 spiro atoms. The molecule has 0 fully saturated rings. The molecule has 11 heteroatoms. The Morgan fingerprint density at radius 2 is 2.11 bits per heavy atom. The number of amides is 1. The number of H-pyrrole nitrogens is 1. The van der Waals surface area contributed by atoms with Gasteiger partial charge in [0.15, 0.2) is 17.3 Å². The lowest BCUT2D eigenvalue weighted by Gasteiger charge is -2.12. The van der Waals surface area contributed by atoms with Crippen molar-refractivity contribution in [3.8, 4) is 11.6 Å². The molecule has 1 amide bonds. The van der Waals surface area contributed by atoms with Gasteiger partial charge in [0, 0.05) is 23.9 Å². The molecule has 0 radical (unpaired) electrons. The highest BCUT2D eigenvalue weighted by atomic mass is 79.9. The van der Waals surface area contributed by atoms with E-state index in [4.69, 9.17) is 33.7 Å². The molecule has 4 N–H and O–H groups in total. The van der Waals surface area contributed by atoms with Crippen LogP contribution in [-0.2, 0) is 6.54 Å². The number of hydrogen-bond acceptors (Lipinski definition) is 5. The predicted octanol–water partition coefficient (Wildman–Crippen LogP) is 4.63. The second-order valence-corrected chi connectivity index (χ2v) is 7.27. The highest BCUT2D eigenvalue weighted by molar-refractivity contribution is 9.10. The summed E-state index contributed by atoms with van der Waals surface area (Å²) in [6, 6.07) is 5.69. The summed E-state index contributed by atoms with van der Waals surface area (Å²) in [6.45, 7) is 1.60. The first-order chi connectivity index (χ1) is 13.2. The number of nitrogens with two attached hydrogens (primary N) is 1. The molecular weight excluding hydrogens is 476 g/mol. The summed E-state index contributed by atoms with van der Waals surface area (Å²) in [6.07, 6.45) is 0. The topological polar surface area (TPSA) is 106 Å². The number of ether oxygens (including phenoxy) is 1. The number of rotatable bonds is 5. The molecule has 146 valence electrons. The van der Waals surface area contributed by atoms with Crippen LogP contribution in [0.5, 0.6) is 11.6 Å². The van der Waals surface area contributed by atoms with Crippen molar-refractivity contribution in [2.75, 3.05) is 5.73 Å². The molecule has 0 saturated heterocycles. The van der Waals surface area contributed by atoms with Crippen LogP contribution < -0.4 is 15.8 Å². The summed E-state index contributed by atoms with van der Waals surface area (Å²) in [5.74, 6) is -0.913. The van der Waals surface area contributed by atoms with Gasteiger partial charge < -0.3 is 20.8 Å². The maximum absolute atomic E-state index is 14.9. The minimum Gasteiger partial charge on any atom is -0.434 e. The molecule has 0 unspecified atom stereocenters. The summed E-state index contributed by atoms with van der Waals surface area (Å²) in [7, 11) is 0. The maximum atomic E-state index is 14.9. The van der Waals surface area contributed by atoms with E-state index in [1.165, 1.54) is 24.3 Å². The van der Waals surface area contributed by atoms with E-state index in [1.807, 2.05) is 0 Å². The number of nitrogens with one attached hydrogen (secondary N) is 2. The Morgan fingerprint density at radius 3 is 2.75 bits per heavy atom. The van der Waals surface area contributed by atoms with Gasteiger partial charge in [-0.1, -0.05) is 29.3 Å². The molecular formula is C17H13BrCl2FN5O2. The van der Waals surface area contributed by atoms with Crippen molar-refractivity contribution in [3.63, 3.8) is 0 Å². The average Bonchev–Trinajstić information content (AvgIpc) is 2.95. The molecule has 0 bridgehead atoms. The summed E-state index contributed by atoms with van der Waals surface area (Å²) >= 11 is 15.1. The first kappa shape index (κ1) is 20.4. The van der Waals surface area contributed by atoms with Crippen LogP contribution in [0.4, 0.5) is 10.1 Å². The number of imidazole rings is 1. The quantitative estimate of drug-likeness (QED) is 0.454. The van der Waals surface area contributed by atoms with Crippen molar-refractivity contribution in [1.29, 1.82) is 0 Å². The van der Waals surface area contributed by atoms with Gasteiger partial charge in [0.2, 0.25) is 5.88 Å². The van der Waals surface area contributed by atoms with E-state index in [0.717, 1.165) is 0 Å². The molecule has 1 aromatic carbocycles. The van der Waals surface area contributed by atoms with E-state index >= 15 is 0 Å². The number of aromatic amines is 1. The molecule has 0 aliphatic heterocycles. The molecule has 3 rings (SSSR count). The van der Waals surface area contributed by atoms with E-state index in [2.05, 4.69) is 36.2 Å². The zero-order chi connectivity index (χ0) is 20.4. The first-order valence-electron chi connectivity index (χ1n) is 7.82. The zero-order valence-corrected chi connectivity index (χ0v) is 17.4. The van der Waals surface area contributed by atoms with Crippen molar-refractivity contribution < 1.29 is 13.9 Å². The number of halogens is 4. The highest BCUT2D eigenvalue weighted by Crippen LogP contribution is 2.34. The molecule has 0 aliphatic rings. The maximum Gasteiger partial charge on any atom is 0.272 e. The van der Waals surface area contributed by atoms with Crippen molar-refractivity contribution in [2.24, 2.45) is 0 Å². The SMILES string of the molecule is Cc1nc(C(=O)NCc2ccc(Cl)c(Oc3cc(N)cc(Cl)n3)c2F)c(Br)[nH]1. The van der Waals surface area contributed by atoms with Crippen LogP contribution in [-0.4, -0.2) is 20.9 Å². The Labute approximate surface area is 177 Å². The smallest absolute Gasteiger partial charge is 0.272 e. The predicted molar refractivity (Wildman–Crippen MR) is 107 cm³/mol. The third-order valence-corrected chi connectivity index (χ3v) is 4.63. The van der Waals surface area contributed by atoms with Crippen LogP contribution in [0.1, 0.15) is 21.9 Å². The lowest BCUT2D eigenvalue weighted by molar-refractivity contribution is 0.0945. The van der Waals surface area contributed by atoms with E-state index in [-0.39, 0.29) is 39.6 Å². The van der Waals surface area contributed by atoms with Crippen molar-refractivity contribution in [2.45, 2.75) is 13.5 Å². The van der Waals surface area contributed by atoms with Gasteiger partial charge >= 0.3 is 0 Å². The van der Waals surface area contributed by atoms with Crippen molar-refractivity contribution >= 4 is 50.7 Å². The Kier molecular flexibility index (Phi) is 6.07. The Bertz CT molecular complexity index is 1040. The van der Waals surface area contributed by atoms with E-state index in [1.54, 1.807) is 6.92 Å². The molecule has 28 heavy (non-hydrogen) atoms. The normalized spacial score (nSPS) is 10.8. The third kappa shape index (κ3) is 4.54. The number of aryl methyl sites for hydroxylation is 1. The fraction of sp³-hybridized carbons (Fsp3) is 0.118. The Hall–Kier alpha value is -2.36. The number of carbonyl (C=O) groups excluding carboxylic acids is 1. The molecule has 0 atom stereocenters. The van der Waals surface area contributed by atoms with E-state index in [0.29, 0.717) is 16.1 Å². The fourth-order valence-electron chi connectivity index (χ4n) is 2.32. The lowest BCUT2D eigenvalue weighted by atomic mass is 10.2. The van der Waals surface area contributed by atoms with Crippen LogP contribution in [0.25, 0.3) is 0 Å². The number of anilines is 1. The van der Waals surface area contributed by atoms with E-state index in [9.17, 15) is 9.18 Å². The molecule has 0 aliphatic carbocycles. The zero-order valence-electron chi connectivity index (χ0n) is 14.3. The molecule has 2 heterocycles. The largest absolute Gasteiger partial charge is 0.434 e. The summed E-state index contributed by atoms with van der Waals surface area (Å²) in [5.41, 5.74) is 6.31. The molecule has 3 aromatic rings. The minimum atomic E-state index is -0.745. The van der Waals surface area contributed by atoms with Gasteiger partial charge in [-0.05, 0) is 35.0 Å². The molecule has 2 aromatic heterocycles. The lowest BCUT2D eigenvalue weighted by Crippen LogP contribution is -2.24. The van der Waals surface area contributed by atoms with Gasteiger partial charge in [0.25, 0.3) is 5.91 Å². The summed E-state index contributed by atoms with van der Waals surface area (Å²) < 4.78 is 20.7. The molecule has 0 saturated carbocycles. The number of pyridine rings is 1. The van der Waals surface area contributed by atoms with Crippen molar-refractivity contribution in [1.82, 2.24) is 20.3 Å². The van der Waals surface area contributed by atoms with E-state index < -0.39 is 11.7 Å². The third-order valence-electron chi connectivity index (χ3n) is 3.56. The van der Waals surface area contributed by atoms with Gasteiger partial charge in [-0.3, -0.25) is 4.79 Å². The standard InChI is InChI=1S/C17H13BrCl2FN5O2/c1-7-24-14(16(18)25-7)17(27)23-6-8-2-3-10(19)15(13(8)21)28-12-5-9(22)4-11(20)26-12/h2-5H,6H2,1H3,(H2,22,26)(H,23,27)(H,24,25). The van der Waals surface area contributed by atoms with Gasteiger partial charge in [-0.15, -0.1) is 0 Å². The number of nitrogen functional groups attached to an aromatic ring is 1. The second kappa shape index (κ2) is 8.34. The fourth-order valence-corrected chi connectivity index (χ4v) is 3.27. The highest BCUT2D eigenvalue weighted by Gasteiger charge is 2.19. The molecule has 7 nitrogen and oxygen atoms in total. The number of aromatic nitrogens is 3. The van der Waals surface area contributed by atoms with Gasteiger partial charge in [-0.2, -0.15) is 0 Å². The van der Waals surface area contributed by atoms with Crippen LogP contribution in [0, 0.1) is 12.7 Å². The number of nitrogens with zero attached hydrogens (tertiary/aromatic N) is 2. The van der Waals surface area contributed by atoms with Gasteiger partial charge in [0.05, 0.1) is 5.02 Å². The average molecular weight is 489 g/mol. The van der Waals surface area contributed by atoms with Crippen LogP contribution in [0.3, 0.4) is 0 Å². The van der Waals surface area contributed by atoms with Crippen LogP contribution >= 0.6 is 39.1 Å². The van der Waals surface area contributed by atoms with Gasteiger partial charge in [-0.25, -0.2) is 14.4 Å². The Morgan fingerprint density at radius 1 is 1.36 bits per heavy atom. The summed E-state index contributed by atoms with van der Waals surface area (Å²) in [5, 5.41) is 2.71. The first-order valence-corrected chi connectivity index (χ1v) is 9.37. The van der Waals surface area contributed by atoms with Crippen LogP contribution in [0.15, 0.2) is 28.9 Å².